The number of anilines is 1. The highest BCUT2D eigenvalue weighted by Gasteiger charge is 2.20. The monoisotopic (exact) mass is 479 g/mol. The minimum Gasteiger partial charge on any atom is -0.481 e. The molecule has 3 N–H and O–H groups in total. The molecule has 0 fully saturated rings. The highest BCUT2D eigenvalue weighted by atomic mass is 32.2. The summed E-state index contributed by atoms with van der Waals surface area (Å²) in [6, 6.07) is 9.23. The quantitative estimate of drug-likeness (QED) is 0.480. The molecule has 0 bridgehead atoms. The number of aliphatic hydroxyl groups is 2. The van der Waals surface area contributed by atoms with Crippen molar-refractivity contribution in [1.82, 2.24) is 0 Å². The highest BCUT2D eigenvalue weighted by Crippen LogP contribution is 2.36. The second kappa shape index (κ2) is 10.9. The lowest BCUT2D eigenvalue weighted by molar-refractivity contribution is -0.139. The summed E-state index contributed by atoms with van der Waals surface area (Å²) in [5, 5.41) is 28.9. The lowest BCUT2D eigenvalue weighted by atomic mass is 9.88. The van der Waals surface area contributed by atoms with Crippen molar-refractivity contribution >= 4 is 27.8 Å². The molecule has 0 saturated heterocycles. The number of rotatable bonds is 10. The summed E-state index contributed by atoms with van der Waals surface area (Å²) >= 11 is 0. The number of aliphatic hydroxyl groups excluding tert-OH is 2. The van der Waals surface area contributed by atoms with Crippen LogP contribution in [-0.2, 0) is 14.8 Å². The van der Waals surface area contributed by atoms with Crippen molar-refractivity contribution in [2.24, 2.45) is 0 Å². The number of hydrogen-bond donors (Lipinski definition) is 3. The first-order chi connectivity index (χ1) is 15.3. The number of carboxylic acids is 1. The van der Waals surface area contributed by atoms with E-state index in [9.17, 15) is 27.8 Å². The van der Waals surface area contributed by atoms with E-state index in [0.717, 1.165) is 16.1 Å². The van der Waals surface area contributed by atoms with Gasteiger partial charge in [0.05, 0.1) is 30.6 Å². The first-order valence-electron chi connectivity index (χ1n) is 10.4. The zero-order valence-electron chi connectivity index (χ0n) is 19.1. The molecular weight excluding hydrogens is 449 g/mol. The summed E-state index contributed by atoms with van der Waals surface area (Å²) in [7, 11) is -2.08. The van der Waals surface area contributed by atoms with Crippen LogP contribution in [-0.4, -0.2) is 55.2 Å². The van der Waals surface area contributed by atoms with E-state index in [1.165, 1.54) is 25.3 Å². The Bertz CT molecular complexity index is 1110. The molecule has 0 amide bonds. The predicted molar refractivity (Wildman–Crippen MR) is 127 cm³/mol. The fourth-order valence-electron chi connectivity index (χ4n) is 3.41. The average Bonchev–Trinajstić information content (AvgIpc) is 2.70. The number of hydrogen-bond acceptors (Lipinski definition) is 5. The Morgan fingerprint density at radius 1 is 1.15 bits per heavy atom. The van der Waals surface area contributed by atoms with E-state index < -0.39 is 40.4 Å². The average molecular weight is 480 g/mol. The molecule has 0 unspecified atom stereocenters. The van der Waals surface area contributed by atoms with Gasteiger partial charge < -0.3 is 15.3 Å². The van der Waals surface area contributed by atoms with Gasteiger partial charge in [-0.1, -0.05) is 38.1 Å². The standard InChI is InChI=1S/C24H30FNO6S/c1-15(2)22-11-18(26(3)33(4,31)32)12-23(16-5-7-17(25)8-6-16)21(22)10-9-19(27)13-20(28)14-24(29)30/h5-12,15,19-20,27-28H,13-14H2,1-4H3,(H,29,30)/t19-,20-/m1/s1. The van der Waals surface area contributed by atoms with Crippen molar-refractivity contribution in [1.29, 1.82) is 0 Å². The second-order valence-electron chi connectivity index (χ2n) is 8.30. The molecule has 2 rings (SSSR count). The Balaban J connectivity index is 2.61. The number of carbonyl (C=O) groups is 1. The normalized spacial score (nSPS) is 13.9. The number of carboxylic acid groups (broad SMARTS) is 1. The fraction of sp³-hybridized carbons (Fsp3) is 0.375. The Labute approximate surface area is 193 Å². The van der Waals surface area contributed by atoms with E-state index in [1.807, 2.05) is 13.8 Å². The molecule has 0 aromatic heterocycles. The van der Waals surface area contributed by atoms with E-state index in [1.54, 1.807) is 30.3 Å². The fourth-order valence-corrected chi connectivity index (χ4v) is 3.90. The third-order valence-electron chi connectivity index (χ3n) is 5.24. The maximum atomic E-state index is 13.5. The molecule has 2 atom stereocenters. The van der Waals surface area contributed by atoms with E-state index >= 15 is 0 Å². The summed E-state index contributed by atoms with van der Waals surface area (Å²) in [6.45, 7) is 3.89. The van der Waals surface area contributed by atoms with Crippen LogP contribution in [0.15, 0.2) is 42.5 Å². The van der Waals surface area contributed by atoms with E-state index in [-0.39, 0.29) is 12.3 Å². The van der Waals surface area contributed by atoms with Crippen molar-refractivity contribution in [3.05, 3.63) is 59.4 Å². The first-order valence-corrected chi connectivity index (χ1v) is 12.3. The summed E-state index contributed by atoms with van der Waals surface area (Å²) in [5.74, 6) is -1.59. The van der Waals surface area contributed by atoms with Crippen LogP contribution >= 0.6 is 0 Å². The molecule has 0 saturated carbocycles. The number of benzene rings is 2. The van der Waals surface area contributed by atoms with Crippen LogP contribution in [0.3, 0.4) is 0 Å². The van der Waals surface area contributed by atoms with Gasteiger partial charge in [0.15, 0.2) is 0 Å². The largest absolute Gasteiger partial charge is 0.481 e. The lowest BCUT2D eigenvalue weighted by Gasteiger charge is -2.23. The third-order valence-corrected chi connectivity index (χ3v) is 6.45. The molecule has 9 heteroatoms. The Morgan fingerprint density at radius 2 is 1.76 bits per heavy atom. The number of nitrogens with zero attached hydrogens (tertiary/aromatic N) is 1. The number of sulfonamides is 1. The summed E-state index contributed by atoms with van der Waals surface area (Å²) in [5.41, 5.74) is 3.24. The van der Waals surface area contributed by atoms with Crippen molar-refractivity contribution in [3.8, 4) is 11.1 Å². The lowest BCUT2D eigenvalue weighted by Crippen LogP contribution is -2.25. The smallest absolute Gasteiger partial charge is 0.305 e. The van der Waals surface area contributed by atoms with Crippen LogP contribution < -0.4 is 4.31 Å². The Hall–Kier alpha value is -2.75. The number of halogens is 1. The number of aliphatic carboxylic acids is 1. The minimum atomic E-state index is -3.53. The first kappa shape index (κ1) is 26.5. The highest BCUT2D eigenvalue weighted by molar-refractivity contribution is 7.92. The SMILES string of the molecule is CC(C)c1cc(N(C)S(C)(=O)=O)cc(-c2ccc(F)cc2)c1C=C[C@@H](O)C[C@@H](O)CC(=O)O. The van der Waals surface area contributed by atoms with Gasteiger partial charge in [0.2, 0.25) is 10.0 Å². The molecule has 0 spiro atoms. The van der Waals surface area contributed by atoms with Crippen LogP contribution in [0.1, 0.15) is 43.7 Å². The summed E-state index contributed by atoms with van der Waals surface area (Å²) in [4.78, 5) is 10.7. The molecule has 2 aromatic rings. The van der Waals surface area contributed by atoms with Crippen LogP contribution in [0, 0.1) is 5.82 Å². The molecule has 0 aliphatic heterocycles. The van der Waals surface area contributed by atoms with E-state index in [2.05, 4.69) is 0 Å². The summed E-state index contributed by atoms with van der Waals surface area (Å²) in [6.07, 6.45) is 1.30. The maximum absolute atomic E-state index is 13.5. The van der Waals surface area contributed by atoms with Crippen LogP contribution in [0.4, 0.5) is 10.1 Å². The van der Waals surface area contributed by atoms with Crippen LogP contribution in [0.5, 0.6) is 0 Å². The molecule has 0 heterocycles. The predicted octanol–water partition coefficient (Wildman–Crippen LogP) is 3.61. The molecule has 0 radical (unpaired) electrons. The third kappa shape index (κ3) is 7.38. The van der Waals surface area contributed by atoms with Gasteiger partial charge in [-0.15, -0.1) is 0 Å². The van der Waals surface area contributed by atoms with Gasteiger partial charge in [-0.25, -0.2) is 12.8 Å². The van der Waals surface area contributed by atoms with Crippen LogP contribution in [0.2, 0.25) is 0 Å². The van der Waals surface area contributed by atoms with Gasteiger partial charge in [0, 0.05) is 13.5 Å². The molecule has 2 aromatic carbocycles. The zero-order chi connectivity index (χ0) is 24.9. The van der Waals surface area contributed by atoms with Gasteiger partial charge in [-0.2, -0.15) is 0 Å². The second-order valence-corrected chi connectivity index (χ2v) is 10.3. The Morgan fingerprint density at radius 3 is 2.27 bits per heavy atom. The molecule has 0 aliphatic rings. The Kier molecular flexibility index (Phi) is 8.76. The van der Waals surface area contributed by atoms with Crippen molar-refractivity contribution in [2.75, 3.05) is 17.6 Å². The molecule has 180 valence electrons. The van der Waals surface area contributed by atoms with E-state index in [0.29, 0.717) is 22.4 Å². The summed E-state index contributed by atoms with van der Waals surface area (Å²) < 4.78 is 39.0. The minimum absolute atomic E-state index is 0.0218. The van der Waals surface area contributed by atoms with Crippen LogP contribution in [0.25, 0.3) is 17.2 Å². The maximum Gasteiger partial charge on any atom is 0.305 e. The van der Waals surface area contributed by atoms with Gasteiger partial charge in [0.25, 0.3) is 0 Å². The zero-order valence-corrected chi connectivity index (χ0v) is 19.9. The van der Waals surface area contributed by atoms with Gasteiger partial charge in [-0.05, 0) is 52.4 Å². The molecule has 7 nitrogen and oxygen atoms in total. The van der Waals surface area contributed by atoms with Crippen molar-refractivity contribution in [3.63, 3.8) is 0 Å². The van der Waals surface area contributed by atoms with Gasteiger partial charge in [-0.3, -0.25) is 9.10 Å². The van der Waals surface area contributed by atoms with Gasteiger partial charge in [0.1, 0.15) is 5.82 Å². The van der Waals surface area contributed by atoms with E-state index in [4.69, 9.17) is 5.11 Å². The van der Waals surface area contributed by atoms with Crippen molar-refractivity contribution in [2.45, 2.75) is 44.8 Å². The molecule has 0 aliphatic carbocycles. The topological polar surface area (TPSA) is 115 Å². The molecular formula is C24H30FNO6S. The van der Waals surface area contributed by atoms with Gasteiger partial charge >= 0.3 is 5.97 Å². The molecule has 33 heavy (non-hydrogen) atoms. The van der Waals surface area contributed by atoms with Crippen molar-refractivity contribution < 1.29 is 32.9 Å².